The number of anilines is 1. The van der Waals surface area contributed by atoms with E-state index < -0.39 is 24.0 Å². The Labute approximate surface area is 307 Å². The number of thiophene rings is 1. The summed E-state index contributed by atoms with van der Waals surface area (Å²) in [6, 6.07) is 9.11. The second-order valence-corrected chi connectivity index (χ2v) is 16.6. The summed E-state index contributed by atoms with van der Waals surface area (Å²) < 4.78 is 0. The highest BCUT2D eigenvalue weighted by Crippen LogP contribution is 2.39. The van der Waals surface area contributed by atoms with Crippen molar-refractivity contribution in [3.05, 3.63) is 64.1 Å². The van der Waals surface area contributed by atoms with E-state index in [4.69, 9.17) is 15.7 Å². The lowest BCUT2D eigenvalue weighted by Gasteiger charge is -2.39. The van der Waals surface area contributed by atoms with Gasteiger partial charge in [0.2, 0.25) is 5.91 Å². The standard InChI is InChI=1S/C40H56N6O4S/c1-5-6-26-7-11-28(12-8-26)29-18-21-46(22-19-29)31-24-42-36(43-25-31)30-13-9-27(10-14-30)23-33(37(47)44-32(17-20-41)39(49)50)45-38(48)34-15-16-35(51-34)40(2,3)4/h9-10,13-16,24-26,28-29,32-33H,5-8,11-12,17-23,41H2,1-4H3,(H,44,47)(H,45,48)(H,49,50)/t26?,28?,32?,33-/m0/s1. The number of nitrogens with one attached hydrogen (secondary N) is 2. The highest BCUT2D eigenvalue weighted by molar-refractivity contribution is 7.14. The number of piperidine rings is 1. The number of amides is 2. The van der Waals surface area contributed by atoms with Gasteiger partial charge in [0.25, 0.3) is 5.91 Å². The van der Waals surface area contributed by atoms with Gasteiger partial charge in [0.05, 0.1) is 23.0 Å². The van der Waals surface area contributed by atoms with Crippen LogP contribution in [0.15, 0.2) is 48.8 Å². The molecule has 1 saturated heterocycles. The minimum atomic E-state index is -1.17. The molecule has 10 nitrogen and oxygen atoms in total. The van der Waals surface area contributed by atoms with E-state index in [0.717, 1.165) is 52.5 Å². The van der Waals surface area contributed by atoms with Crippen LogP contribution < -0.4 is 21.3 Å². The van der Waals surface area contributed by atoms with Gasteiger partial charge in [-0.2, -0.15) is 0 Å². The van der Waals surface area contributed by atoms with Crippen LogP contribution in [0.1, 0.15) is 106 Å². The molecule has 2 aromatic heterocycles. The van der Waals surface area contributed by atoms with E-state index in [1.165, 1.54) is 62.7 Å². The van der Waals surface area contributed by atoms with Crippen molar-refractivity contribution in [2.45, 2.75) is 109 Å². The number of hydrogen-bond acceptors (Lipinski definition) is 8. The number of aliphatic carboxylic acids is 1. The third-order valence-electron chi connectivity index (χ3n) is 10.7. The average molecular weight is 717 g/mol. The summed E-state index contributed by atoms with van der Waals surface area (Å²) in [7, 11) is 0. The second kappa shape index (κ2) is 17.6. The number of aromatic nitrogens is 2. The maximum atomic E-state index is 13.4. The molecule has 2 atom stereocenters. The molecular formula is C40H56N6O4S. The first-order chi connectivity index (χ1) is 24.4. The van der Waals surface area contributed by atoms with Gasteiger partial charge in [-0.15, -0.1) is 11.3 Å². The molecule has 3 aromatic rings. The lowest BCUT2D eigenvalue weighted by atomic mass is 9.72. The van der Waals surface area contributed by atoms with Gasteiger partial charge in [0.15, 0.2) is 5.82 Å². The molecule has 0 radical (unpaired) electrons. The lowest BCUT2D eigenvalue weighted by Crippen LogP contribution is -2.52. The van der Waals surface area contributed by atoms with Crippen molar-refractivity contribution in [1.29, 1.82) is 0 Å². The smallest absolute Gasteiger partial charge is 0.326 e. The third-order valence-corrected chi connectivity index (χ3v) is 12.2. The second-order valence-electron chi connectivity index (χ2n) is 15.5. The van der Waals surface area contributed by atoms with Gasteiger partial charge in [-0.25, -0.2) is 14.8 Å². The highest BCUT2D eigenvalue weighted by atomic mass is 32.1. The van der Waals surface area contributed by atoms with Crippen LogP contribution in [0.3, 0.4) is 0 Å². The number of hydrogen-bond donors (Lipinski definition) is 4. The molecule has 3 heterocycles. The Morgan fingerprint density at radius 2 is 1.57 bits per heavy atom. The molecule has 1 aliphatic carbocycles. The van der Waals surface area contributed by atoms with E-state index in [2.05, 4.69) is 43.2 Å². The maximum absolute atomic E-state index is 13.4. The largest absolute Gasteiger partial charge is 0.480 e. The maximum Gasteiger partial charge on any atom is 0.326 e. The Balaban J connectivity index is 1.20. The van der Waals surface area contributed by atoms with Crippen LogP contribution in [0.5, 0.6) is 0 Å². The first-order valence-electron chi connectivity index (χ1n) is 18.8. The summed E-state index contributed by atoms with van der Waals surface area (Å²) in [5.41, 5.74) is 8.17. The Hall–Kier alpha value is -3.83. The average Bonchev–Trinajstić information content (AvgIpc) is 3.64. The van der Waals surface area contributed by atoms with Crippen molar-refractivity contribution in [2.24, 2.45) is 23.5 Å². The van der Waals surface area contributed by atoms with E-state index in [1.807, 2.05) is 42.7 Å². The summed E-state index contributed by atoms with van der Waals surface area (Å²) in [4.78, 5) is 51.8. The summed E-state index contributed by atoms with van der Waals surface area (Å²) in [5.74, 6) is 1.16. The summed E-state index contributed by atoms with van der Waals surface area (Å²) >= 11 is 1.38. The molecule has 5 rings (SSSR count). The van der Waals surface area contributed by atoms with Gasteiger partial charge in [0.1, 0.15) is 12.1 Å². The number of carbonyl (C=O) groups is 3. The van der Waals surface area contributed by atoms with Crippen LogP contribution in [0.2, 0.25) is 0 Å². The summed E-state index contributed by atoms with van der Waals surface area (Å²) in [6.07, 6.45) is 14.9. The predicted octanol–water partition coefficient (Wildman–Crippen LogP) is 6.58. The van der Waals surface area contributed by atoms with E-state index in [-0.39, 0.29) is 30.7 Å². The lowest BCUT2D eigenvalue weighted by molar-refractivity contribution is -0.142. The quantitative estimate of drug-likeness (QED) is 0.146. The van der Waals surface area contributed by atoms with Crippen LogP contribution >= 0.6 is 11.3 Å². The summed E-state index contributed by atoms with van der Waals surface area (Å²) in [5, 5.41) is 15.0. The molecule has 5 N–H and O–H groups in total. The normalized spacial score (nSPS) is 19.7. The molecule has 1 aliphatic heterocycles. The van der Waals surface area contributed by atoms with Crippen molar-refractivity contribution in [3.8, 4) is 11.4 Å². The molecule has 11 heteroatoms. The van der Waals surface area contributed by atoms with Crippen LogP contribution in [0.25, 0.3) is 11.4 Å². The van der Waals surface area contributed by atoms with Crippen LogP contribution in [0.4, 0.5) is 5.69 Å². The van der Waals surface area contributed by atoms with E-state index in [9.17, 15) is 19.5 Å². The van der Waals surface area contributed by atoms with Crippen LogP contribution in [0, 0.1) is 17.8 Å². The van der Waals surface area contributed by atoms with Crippen molar-refractivity contribution in [3.63, 3.8) is 0 Å². The predicted molar refractivity (Wildman–Crippen MR) is 204 cm³/mol. The van der Waals surface area contributed by atoms with Crippen molar-refractivity contribution >= 4 is 34.8 Å². The van der Waals surface area contributed by atoms with Crippen LogP contribution in [-0.2, 0) is 21.4 Å². The molecule has 276 valence electrons. The van der Waals surface area contributed by atoms with Crippen molar-refractivity contribution < 1.29 is 19.5 Å². The van der Waals surface area contributed by atoms with Crippen molar-refractivity contribution in [2.75, 3.05) is 24.5 Å². The summed E-state index contributed by atoms with van der Waals surface area (Å²) in [6.45, 7) is 10.7. The number of carbonyl (C=O) groups excluding carboxylic acids is 2. The number of nitrogens with zero attached hydrogens (tertiary/aromatic N) is 3. The van der Waals surface area contributed by atoms with Crippen LogP contribution in [-0.4, -0.2) is 64.6 Å². The SMILES string of the molecule is CCCC1CCC(C2CCN(c3cnc(-c4ccc(C[C@H](NC(=O)c5ccc(C(C)(C)C)s5)C(=O)NC(CCN)C(=O)O)cc4)nc3)CC2)CC1. The topological polar surface area (TPSA) is 151 Å². The fourth-order valence-electron chi connectivity index (χ4n) is 7.64. The third kappa shape index (κ3) is 10.4. The molecular weight excluding hydrogens is 661 g/mol. The van der Waals surface area contributed by atoms with Crippen molar-refractivity contribution in [1.82, 2.24) is 20.6 Å². The zero-order valence-corrected chi connectivity index (χ0v) is 31.5. The number of nitrogens with two attached hydrogens (primary N) is 1. The van der Waals surface area contributed by atoms with Gasteiger partial charge in [0, 0.05) is 30.0 Å². The molecule has 0 bridgehead atoms. The fraction of sp³-hybridized carbons (Fsp3) is 0.575. The van der Waals surface area contributed by atoms with Gasteiger partial charge >= 0.3 is 5.97 Å². The minimum absolute atomic E-state index is 0.0768. The molecule has 2 amide bonds. The highest BCUT2D eigenvalue weighted by Gasteiger charge is 2.31. The van der Waals surface area contributed by atoms with E-state index in [0.29, 0.717) is 10.7 Å². The molecule has 1 aromatic carbocycles. The van der Waals surface area contributed by atoms with E-state index >= 15 is 0 Å². The Bertz CT molecular complexity index is 1590. The molecule has 0 spiro atoms. The Morgan fingerprint density at radius 3 is 2.14 bits per heavy atom. The van der Waals surface area contributed by atoms with E-state index in [1.54, 1.807) is 6.07 Å². The number of rotatable bonds is 14. The minimum Gasteiger partial charge on any atom is -0.480 e. The first kappa shape index (κ1) is 38.4. The van der Waals surface area contributed by atoms with Gasteiger partial charge in [-0.05, 0) is 79.5 Å². The molecule has 2 aliphatic rings. The van der Waals surface area contributed by atoms with Gasteiger partial charge in [-0.3, -0.25) is 9.59 Å². The monoisotopic (exact) mass is 716 g/mol. The first-order valence-corrected chi connectivity index (χ1v) is 19.6. The van der Waals surface area contributed by atoms with Gasteiger partial charge in [-0.1, -0.05) is 77.6 Å². The zero-order chi connectivity index (χ0) is 36.5. The molecule has 1 saturated carbocycles. The molecule has 51 heavy (non-hydrogen) atoms. The zero-order valence-electron chi connectivity index (χ0n) is 30.7. The number of carboxylic acids is 1. The Morgan fingerprint density at radius 1 is 0.922 bits per heavy atom. The fourth-order valence-corrected chi connectivity index (χ4v) is 8.61. The Kier molecular flexibility index (Phi) is 13.2. The number of benzene rings is 1. The molecule has 1 unspecified atom stereocenters. The van der Waals surface area contributed by atoms with Gasteiger partial charge < -0.3 is 26.4 Å². The number of carboxylic acid groups (broad SMARTS) is 1. The molecule has 2 fully saturated rings.